The molecule has 1 aliphatic rings. The van der Waals surface area contributed by atoms with Gasteiger partial charge in [0.15, 0.2) is 5.13 Å². The summed E-state index contributed by atoms with van der Waals surface area (Å²) in [6.45, 7) is 8.75. The molecule has 40 heavy (non-hydrogen) atoms. The molecule has 0 aliphatic carbocycles. The van der Waals surface area contributed by atoms with Crippen molar-refractivity contribution in [3.63, 3.8) is 0 Å². The Bertz CT molecular complexity index is 1500. The van der Waals surface area contributed by atoms with Gasteiger partial charge in [-0.1, -0.05) is 52.7 Å². The highest BCUT2D eigenvalue weighted by atomic mass is 35.5. The van der Waals surface area contributed by atoms with Crippen molar-refractivity contribution in [2.45, 2.75) is 20.4 Å². The second-order valence-corrected chi connectivity index (χ2v) is 11.6. The molecule has 9 nitrogen and oxygen atoms in total. The topological polar surface area (TPSA) is 98.3 Å². The molecule has 12 heteroatoms. The number of benzene rings is 2. The Hall–Kier alpha value is -3.28. The molecule has 0 radical (unpaired) electrons. The second-order valence-electron chi connectivity index (χ2n) is 9.74. The number of hydrogen-bond acceptors (Lipinski definition) is 9. The molecule has 5 rings (SSSR count). The first-order chi connectivity index (χ1) is 19.2. The number of likely N-dealkylation sites (N-methyl/N-ethyl adjacent to an activating group) is 1. The van der Waals surface area contributed by atoms with Crippen molar-refractivity contribution in [3.8, 4) is 0 Å². The average Bonchev–Trinajstić information content (AvgIpc) is 3.37. The second kappa shape index (κ2) is 12.5. The van der Waals surface area contributed by atoms with E-state index < -0.39 is 0 Å². The number of nitrogens with one attached hydrogen (secondary N) is 3. The summed E-state index contributed by atoms with van der Waals surface area (Å²) in [5, 5.41) is 11.1. The predicted octanol–water partition coefficient (Wildman–Crippen LogP) is 6.34. The smallest absolute Gasteiger partial charge is 0.267 e. The summed E-state index contributed by atoms with van der Waals surface area (Å²) < 4.78 is 0. The minimum absolute atomic E-state index is 0.282. The van der Waals surface area contributed by atoms with E-state index >= 15 is 0 Å². The van der Waals surface area contributed by atoms with E-state index in [1.807, 2.05) is 38.1 Å². The maximum Gasteiger partial charge on any atom is 0.267 e. The molecule has 1 fully saturated rings. The molecular weight excluding hydrogens is 567 g/mol. The van der Waals surface area contributed by atoms with Gasteiger partial charge in [-0.05, 0) is 50.2 Å². The van der Waals surface area contributed by atoms with Crippen molar-refractivity contribution in [2.75, 3.05) is 49.2 Å². The third kappa shape index (κ3) is 7.07. The molecule has 0 spiro atoms. The number of piperazine rings is 1. The van der Waals surface area contributed by atoms with Crippen LogP contribution in [0, 0.1) is 13.8 Å². The minimum atomic E-state index is -0.282. The van der Waals surface area contributed by atoms with Gasteiger partial charge < -0.3 is 20.9 Å². The van der Waals surface area contributed by atoms with Crippen LogP contribution in [0.1, 0.15) is 26.6 Å². The number of halogens is 2. The van der Waals surface area contributed by atoms with E-state index in [2.05, 4.69) is 53.8 Å². The van der Waals surface area contributed by atoms with E-state index in [9.17, 15) is 4.79 Å². The fraction of sp³-hybridized carbons (Fsp3) is 0.286. The maximum absolute atomic E-state index is 12.8. The number of hydrogen-bond donors (Lipinski definition) is 3. The van der Waals surface area contributed by atoms with Gasteiger partial charge in [-0.15, -0.1) is 0 Å². The van der Waals surface area contributed by atoms with E-state index in [0.29, 0.717) is 43.2 Å². The van der Waals surface area contributed by atoms with Gasteiger partial charge in [0.2, 0.25) is 0 Å². The zero-order valence-corrected chi connectivity index (χ0v) is 24.8. The molecule has 208 valence electrons. The molecule has 0 unspecified atom stereocenters. The number of nitrogens with zero attached hydrogens (tertiary/aromatic N) is 5. The van der Waals surface area contributed by atoms with Gasteiger partial charge in [-0.25, -0.2) is 15.0 Å². The summed E-state index contributed by atoms with van der Waals surface area (Å²) in [5.74, 6) is 1.46. The molecule has 3 heterocycles. The number of amides is 1. The SMILES string of the molecule is Cc1nc(Nc2ccc(CN3CCN(C)CC3)c(Cl)c2)cc(Nc2ncc(C(=O)Nc3c(C)cccc3Cl)s2)n1. The summed E-state index contributed by atoms with van der Waals surface area (Å²) in [7, 11) is 2.15. The van der Waals surface area contributed by atoms with E-state index in [0.717, 1.165) is 49.5 Å². The number of anilines is 5. The fourth-order valence-electron chi connectivity index (χ4n) is 4.36. The zero-order valence-electron chi connectivity index (χ0n) is 22.5. The summed E-state index contributed by atoms with van der Waals surface area (Å²) in [5.41, 5.74) is 3.41. The fourth-order valence-corrected chi connectivity index (χ4v) is 5.58. The van der Waals surface area contributed by atoms with Crippen LogP contribution in [0.5, 0.6) is 0 Å². The highest BCUT2D eigenvalue weighted by molar-refractivity contribution is 7.17. The number of thiazole rings is 1. The summed E-state index contributed by atoms with van der Waals surface area (Å²) >= 11 is 14.1. The number of carbonyl (C=O) groups is 1. The van der Waals surface area contributed by atoms with Crippen LogP contribution in [-0.4, -0.2) is 63.9 Å². The molecule has 1 amide bonds. The van der Waals surface area contributed by atoms with Crippen LogP contribution in [0.25, 0.3) is 0 Å². The Balaban J connectivity index is 1.23. The summed E-state index contributed by atoms with van der Waals surface area (Å²) in [4.78, 5) is 31.3. The number of para-hydroxylation sites is 1. The lowest BCUT2D eigenvalue weighted by molar-refractivity contribution is 0.103. The van der Waals surface area contributed by atoms with E-state index in [1.165, 1.54) is 17.5 Å². The molecule has 0 saturated carbocycles. The quantitative estimate of drug-likeness (QED) is 0.216. The molecule has 0 bridgehead atoms. The Morgan fingerprint density at radius 1 is 0.975 bits per heavy atom. The number of rotatable bonds is 8. The zero-order chi connectivity index (χ0) is 28.2. The number of aromatic nitrogens is 3. The number of carbonyl (C=O) groups excluding carboxylic acids is 1. The normalized spacial score (nSPS) is 14.2. The first kappa shape index (κ1) is 28.3. The van der Waals surface area contributed by atoms with Crippen LogP contribution in [0.15, 0.2) is 48.7 Å². The van der Waals surface area contributed by atoms with Crippen molar-refractivity contribution in [2.24, 2.45) is 0 Å². The van der Waals surface area contributed by atoms with Crippen molar-refractivity contribution >= 4 is 68.6 Å². The van der Waals surface area contributed by atoms with Crippen molar-refractivity contribution in [1.82, 2.24) is 24.8 Å². The lowest BCUT2D eigenvalue weighted by Gasteiger charge is -2.32. The van der Waals surface area contributed by atoms with E-state index in [1.54, 1.807) is 12.1 Å². The van der Waals surface area contributed by atoms with Crippen LogP contribution in [0.4, 0.5) is 28.1 Å². The number of aryl methyl sites for hydroxylation is 2. The summed E-state index contributed by atoms with van der Waals surface area (Å²) in [6, 6.07) is 13.2. The minimum Gasteiger partial charge on any atom is -0.340 e. The van der Waals surface area contributed by atoms with Crippen molar-refractivity contribution < 1.29 is 4.79 Å². The largest absolute Gasteiger partial charge is 0.340 e. The molecule has 4 aromatic rings. The van der Waals surface area contributed by atoms with Crippen LogP contribution >= 0.6 is 34.5 Å². The molecule has 1 saturated heterocycles. The standard InChI is InChI=1S/C28H30Cl2N8OS/c1-17-5-4-6-21(29)26(17)36-27(39)23-15-31-28(40-23)35-25-14-24(32-18(2)33-25)34-20-8-7-19(22(30)13-20)16-38-11-9-37(3)10-12-38/h4-8,13-15H,9-12,16H2,1-3H3,(H,36,39)(H2,31,32,33,34,35). The molecule has 2 aromatic carbocycles. The third-order valence-corrected chi connectivity index (χ3v) is 8.16. The van der Waals surface area contributed by atoms with Crippen LogP contribution in [0.2, 0.25) is 10.0 Å². The van der Waals surface area contributed by atoms with Crippen LogP contribution in [0.3, 0.4) is 0 Å². The van der Waals surface area contributed by atoms with Gasteiger partial charge in [-0.3, -0.25) is 9.69 Å². The predicted molar refractivity (Wildman–Crippen MR) is 164 cm³/mol. The van der Waals surface area contributed by atoms with E-state index in [4.69, 9.17) is 23.2 Å². The lowest BCUT2D eigenvalue weighted by atomic mass is 10.1. The lowest BCUT2D eigenvalue weighted by Crippen LogP contribution is -2.43. The molecule has 1 aliphatic heterocycles. The van der Waals surface area contributed by atoms with Gasteiger partial charge in [0, 0.05) is 49.5 Å². The van der Waals surface area contributed by atoms with Crippen molar-refractivity contribution in [3.05, 3.63) is 80.5 Å². The van der Waals surface area contributed by atoms with Crippen LogP contribution in [-0.2, 0) is 6.54 Å². The molecule has 0 atom stereocenters. The first-order valence-corrected chi connectivity index (χ1v) is 14.4. The van der Waals surface area contributed by atoms with Crippen molar-refractivity contribution in [1.29, 1.82) is 0 Å². The Labute approximate surface area is 247 Å². The Morgan fingerprint density at radius 2 is 1.73 bits per heavy atom. The first-order valence-electron chi connectivity index (χ1n) is 12.8. The highest BCUT2D eigenvalue weighted by Gasteiger charge is 2.16. The monoisotopic (exact) mass is 596 g/mol. The summed E-state index contributed by atoms with van der Waals surface area (Å²) in [6.07, 6.45) is 1.52. The van der Waals surface area contributed by atoms with Gasteiger partial charge in [0.05, 0.1) is 16.9 Å². The van der Waals surface area contributed by atoms with Gasteiger partial charge in [0.25, 0.3) is 5.91 Å². The molecule has 3 N–H and O–H groups in total. The van der Waals surface area contributed by atoms with Gasteiger partial charge >= 0.3 is 0 Å². The Morgan fingerprint density at radius 3 is 2.45 bits per heavy atom. The third-order valence-electron chi connectivity index (χ3n) is 6.58. The van der Waals surface area contributed by atoms with Crippen LogP contribution < -0.4 is 16.0 Å². The van der Waals surface area contributed by atoms with E-state index in [-0.39, 0.29) is 5.91 Å². The average molecular weight is 598 g/mol. The van der Waals surface area contributed by atoms with Gasteiger partial charge in [0.1, 0.15) is 22.3 Å². The Kier molecular flexibility index (Phi) is 8.82. The highest BCUT2D eigenvalue weighted by Crippen LogP contribution is 2.29. The molecule has 2 aromatic heterocycles. The molecular formula is C28H30Cl2N8OS. The van der Waals surface area contributed by atoms with Gasteiger partial charge in [-0.2, -0.15) is 0 Å². The maximum atomic E-state index is 12.8.